The van der Waals surface area contributed by atoms with E-state index >= 15 is 0 Å². The van der Waals surface area contributed by atoms with Crippen LogP contribution >= 0.6 is 0 Å². The molecule has 1 aliphatic heterocycles. The normalized spacial score (nSPS) is 16.7. The van der Waals surface area contributed by atoms with Crippen molar-refractivity contribution in [2.45, 2.75) is 32.7 Å². The second-order valence-electron chi connectivity index (χ2n) is 5.11. The van der Waals surface area contributed by atoms with Gasteiger partial charge in [-0.15, -0.1) is 0 Å². The number of rotatable bonds is 4. The third kappa shape index (κ3) is 3.33. The van der Waals surface area contributed by atoms with Crippen LogP contribution in [0.1, 0.15) is 37.0 Å². The summed E-state index contributed by atoms with van der Waals surface area (Å²) >= 11 is 0. The number of amides is 1. The number of hydrogen-bond donors (Lipinski definition) is 0. The zero-order valence-electron chi connectivity index (χ0n) is 12.2. The van der Waals surface area contributed by atoms with Crippen LogP contribution in [0, 0.1) is 5.95 Å². The fourth-order valence-corrected chi connectivity index (χ4v) is 2.86. The highest BCUT2D eigenvalue weighted by atomic mass is 19.1. The van der Waals surface area contributed by atoms with Gasteiger partial charge in [0.15, 0.2) is 0 Å². The van der Waals surface area contributed by atoms with Gasteiger partial charge in [0, 0.05) is 25.3 Å². The summed E-state index contributed by atoms with van der Waals surface area (Å²) in [5.74, 6) is -0.600. The lowest BCUT2D eigenvalue weighted by atomic mass is 10.0. The van der Waals surface area contributed by atoms with Crippen LogP contribution in [-0.4, -0.2) is 52.9 Å². The number of nitrogens with zero attached hydrogens (tertiary/aromatic N) is 3. The van der Waals surface area contributed by atoms with E-state index in [4.69, 9.17) is 0 Å². The fraction of sp³-hybridized carbons (Fsp3) is 0.600. The Labute approximate surface area is 119 Å². The number of likely N-dealkylation sites (tertiary alicyclic amines) is 1. The maximum atomic E-state index is 12.8. The zero-order valence-corrected chi connectivity index (χ0v) is 12.2. The van der Waals surface area contributed by atoms with Gasteiger partial charge >= 0.3 is 0 Å². The molecule has 0 unspecified atom stereocenters. The summed E-state index contributed by atoms with van der Waals surface area (Å²) < 4.78 is 12.8. The molecule has 0 atom stereocenters. The quantitative estimate of drug-likeness (QED) is 0.793. The van der Waals surface area contributed by atoms with Crippen LogP contribution in [0.2, 0.25) is 0 Å². The van der Waals surface area contributed by atoms with Crippen molar-refractivity contribution in [2.75, 3.05) is 26.2 Å². The van der Waals surface area contributed by atoms with Crippen molar-refractivity contribution < 1.29 is 9.18 Å². The first-order valence-corrected chi connectivity index (χ1v) is 7.30. The molecule has 2 heterocycles. The Morgan fingerprint density at radius 2 is 2.00 bits per heavy atom. The lowest BCUT2D eigenvalue weighted by molar-refractivity contribution is 0.0631. The highest BCUT2D eigenvalue weighted by Crippen LogP contribution is 2.18. The lowest BCUT2D eigenvalue weighted by Crippen LogP contribution is -2.46. The van der Waals surface area contributed by atoms with Gasteiger partial charge in [-0.05, 0) is 38.1 Å². The van der Waals surface area contributed by atoms with E-state index in [0.717, 1.165) is 39.0 Å². The molecule has 4 nitrogen and oxygen atoms in total. The molecule has 0 N–H and O–H groups in total. The van der Waals surface area contributed by atoms with Crippen LogP contribution in [0.15, 0.2) is 18.3 Å². The highest BCUT2D eigenvalue weighted by Gasteiger charge is 2.26. The standard InChI is InChI=1S/C15H22FN3O/c1-3-18(4-2)13-7-9-19(10-8-13)15(20)12-5-6-14(16)17-11-12/h5-6,11,13H,3-4,7-10H2,1-2H3. The summed E-state index contributed by atoms with van der Waals surface area (Å²) in [7, 11) is 0. The molecule has 1 amide bonds. The van der Waals surface area contributed by atoms with Gasteiger partial charge in [-0.1, -0.05) is 13.8 Å². The Morgan fingerprint density at radius 3 is 2.50 bits per heavy atom. The maximum Gasteiger partial charge on any atom is 0.255 e. The Balaban J connectivity index is 1.93. The van der Waals surface area contributed by atoms with Crippen LogP contribution < -0.4 is 0 Å². The predicted molar refractivity (Wildman–Crippen MR) is 76.0 cm³/mol. The largest absolute Gasteiger partial charge is 0.338 e. The summed E-state index contributed by atoms with van der Waals surface area (Å²) in [4.78, 5) is 20.1. The van der Waals surface area contributed by atoms with Gasteiger partial charge < -0.3 is 9.80 Å². The van der Waals surface area contributed by atoms with Crippen molar-refractivity contribution in [3.8, 4) is 0 Å². The van der Waals surface area contributed by atoms with Gasteiger partial charge in [0.25, 0.3) is 5.91 Å². The number of carbonyl (C=O) groups excluding carboxylic acids is 1. The van der Waals surface area contributed by atoms with Gasteiger partial charge in [-0.3, -0.25) is 4.79 Å². The minimum Gasteiger partial charge on any atom is -0.338 e. The van der Waals surface area contributed by atoms with E-state index in [9.17, 15) is 9.18 Å². The summed E-state index contributed by atoms with van der Waals surface area (Å²) in [6, 6.07) is 3.30. The number of piperidine rings is 1. The Morgan fingerprint density at radius 1 is 1.35 bits per heavy atom. The molecular formula is C15H22FN3O. The van der Waals surface area contributed by atoms with Crippen LogP contribution in [0.25, 0.3) is 0 Å². The first-order valence-electron chi connectivity index (χ1n) is 7.30. The minimum atomic E-state index is -0.554. The van der Waals surface area contributed by atoms with Crippen LogP contribution in [0.4, 0.5) is 4.39 Å². The zero-order chi connectivity index (χ0) is 14.5. The SMILES string of the molecule is CCN(CC)C1CCN(C(=O)c2ccc(F)nc2)CC1. The molecular weight excluding hydrogens is 257 g/mol. The van der Waals surface area contributed by atoms with Crippen molar-refractivity contribution in [1.29, 1.82) is 0 Å². The van der Waals surface area contributed by atoms with Crippen LogP contribution in [0.5, 0.6) is 0 Å². The number of carbonyl (C=O) groups is 1. The molecule has 1 aliphatic rings. The van der Waals surface area contributed by atoms with Gasteiger partial charge in [-0.2, -0.15) is 4.39 Å². The van der Waals surface area contributed by atoms with E-state index in [1.54, 1.807) is 0 Å². The molecule has 110 valence electrons. The van der Waals surface area contributed by atoms with Gasteiger partial charge in [0.05, 0.1) is 5.56 Å². The van der Waals surface area contributed by atoms with E-state index in [1.165, 1.54) is 18.3 Å². The molecule has 0 saturated carbocycles. The van der Waals surface area contributed by atoms with E-state index in [-0.39, 0.29) is 5.91 Å². The summed E-state index contributed by atoms with van der Waals surface area (Å²) in [6.45, 7) is 7.97. The number of aromatic nitrogens is 1. The minimum absolute atomic E-state index is 0.0458. The number of pyridine rings is 1. The third-order valence-corrected chi connectivity index (χ3v) is 4.05. The first-order chi connectivity index (χ1) is 9.65. The second kappa shape index (κ2) is 6.79. The summed E-state index contributed by atoms with van der Waals surface area (Å²) in [5.41, 5.74) is 0.465. The predicted octanol–water partition coefficient (Wildman–Crippen LogP) is 2.17. The summed E-state index contributed by atoms with van der Waals surface area (Å²) in [5, 5.41) is 0. The van der Waals surface area contributed by atoms with Crippen molar-refractivity contribution >= 4 is 5.91 Å². The molecule has 1 aromatic heterocycles. The molecule has 0 aliphatic carbocycles. The number of hydrogen-bond acceptors (Lipinski definition) is 3. The molecule has 1 fully saturated rings. The Bertz CT molecular complexity index is 437. The van der Waals surface area contributed by atoms with Crippen molar-refractivity contribution in [3.05, 3.63) is 29.8 Å². The maximum absolute atomic E-state index is 12.8. The molecule has 1 aromatic rings. The van der Waals surface area contributed by atoms with E-state index in [2.05, 4.69) is 23.7 Å². The lowest BCUT2D eigenvalue weighted by Gasteiger charge is -2.37. The second-order valence-corrected chi connectivity index (χ2v) is 5.11. The van der Waals surface area contributed by atoms with Crippen molar-refractivity contribution in [3.63, 3.8) is 0 Å². The molecule has 5 heteroatoms. The highest BCUT2D eigenvalue weighted by molar-refractivity contribution is 5.93. The van der Waals surface area contributed by atoms with Gasteiger partial charge in [0.1, 0.15) is 0 Å². The summed E-state index contributed by atoms with van der Waals surface area (Å²) in [6.07, 6.45) is 3.32. The molecule has 0 radical (unpaired) electrons. The van der Waals surface area contributed by atoms with Crippen molar-refractivity contribution in [1.82, 2.24) is 14.8 Å². The van der Waals surface area contributed by atoms with E-state index < -0.39 is 5.95 Å². The molecule has 0 spiro atoms. The molecule has 2 rings (SSSR count). The molecule has 0 bridgehead atoms. The van der Waals surface area contributed by atoms with Crippen LogP contribution in [0.3, 0.4) is 0 Å². The Hall–Kier alpha value is -1.49. The molecule has 0 aromatic carbocycles. The first kappa shape index (κ1) is 14.9. The number of halogens is 1. The average molecular weight is 279 g/mol. The van der Waals surface area contributed by atoms with Crippen molar-refractivity contribution in [2.24, 2.45) is 0 Å². The van der Waals surface area contributed by atoms with E-state index in [0.29, 0.717) is 11.6 Å². The van der Waals surface area contributed by atoms with Gasteiger partial charge in [-0.25, -0.2) is 4.98 Å². The molecule has 1 saturated heterocycles. The fourth-order valence-electron chi connectivity index (χ4n) is 2.86. The van der Waals surface area contributed by atoms with Crippen LogP contribution in [-0.2, 0) is 0 Å². The third-order valence-electron chi connectivity index (χ3n) is 4.05. The monoisotopic (exact) mass is 279 g/mol. The van der Waals surface area contributed by atoms with E-state index in [1.807, 2.05) is 4.90 Å². The average Bonchev–Trinajstić information content (AvgIpc) is 2.49. The molecule has 20 heavy (non-hydrogen) atoms. The Kier molecular flexibility index (Phi) is 5.06. The van der Waals surface area contributed by atoms with Gasteiger partial charge in [0.2, 0.25) is 5.95 Å². The topological polar surface area (TPSA) is 36.4 Å². The smallest absolute Gasteiger partial charge is 0.255 e.